The average molecular weight is 118 g/mol. The van der Waals surface area contributed by atoms with Gasteiger partial charge in [0.05, 0.1) is 0 Å². The molecule has 0 bridgehead atoms. The van der Waals surface area contributed by atoms with Crippen molar-refractivity contribution in [1.82, 2.24) is 0 Å². The van der Waals surface area contributed by atoms with E-state index in [1.807, 2.05) is 0 Å². The van der Waals surface area contributed by atoms with E-state index in [2.05, 4.69) is 11.5 Å². The molecular formula is C6H3BO2. The van der Waals surface area contributed by atoms with Crippen LogP contribution in [0.25, 0.3) is 0 Å². The summed E-state index contributed by atoms with van der Waals surface area (Å²) in [5.74, 6) is 1.52. The molecule has 0 spiro atoms. The first-order valence-electron chi connectivity index (χ1n) is 2.64. The van der Waals surface area contributed by atoms with Gasteiger partial charge in [-0.2, -0.15) is 0 Å². The summed E-state index contributed by atoms with van der Waals surface area (Å²) in [6.45, 7) is 0. The fraction of sp³-hybridized carbons (Fsp3) is 0. The van der Waals surface area contributed by atoms with E-state index < -0.39 is 0 Å². The zero-order valence-electron chi connectivity index (χ0n) is 4.68. The molecule has 0 radical (unpaired) electrons. The Morgan fingerprint density at radius 3 is 2.22 bits per heavy atom. The van der Waals surface area contributed by atoms with Gasteiger partial charge in [0.25, 0.3) is 0 Å². The third kappa shape index (κ3) is 0.602. The number of rotatable bonds is 0. The Hall–Kier alpha value is -1.30. The number of hydrogen-bond acceptors (Lipinski definition) is 2. The van der Waals surface area contributed by atoms with Crippen LogP contribution in [-0.4, -0.2) is 7.69 Å². The predicted molar refractivity (Wildman–Crippen MR) is 32.5 cm³/mol. The molecule has 9 heavy (non-hydrogen) atoms. The molecule has 0 atom stereocenters. The molecule has 0 aromatic carbocycles. The molecule has 2 nitrogen and oxygen atoms in total. The van der Waals surface area contributed by atoms with Gasteiger partial charge in [-0.1, -0.05) is 11.5 Å². The molecule has 0 saturated heterocycles. The van der Waals surface area contributed by atoms with Crippen LogP contribution in [0.1, 0.15) is 0 Å². The fourth-order valence-corrected chi connectivity index (χ4v) is 0.739. The van der Waals surface area contributed by atoms with Crippen LogP contribution in [0.15, 0.2) is 35.1 Å². The first kappa shape index (κ1) is 4.57. The maximum absolute atomic E-state index is 5.02. The number of hydrogen-bond donors (Lipinski definition) is 0. The SMILES string of the molecule is B1OC2=C(C=C=C=C2)O1. The maximum Gasteiger partial charge on any atom is 0.576 e. The maximum atomic E-state index is 5.02. The van der Waals surface area contributed by atoms with Crippen molar-refractivity contribution >= 4 is 7.69 Å². The van der Waals surface area contributed by atoms with Gasteiger partial charge in [0.1, 0.15) is 0 Å². The quantitative estimate of drug-likeness (QED) is 0.338. The summed E-state index contributed by atoms with van der Waals surface area (Å²) in [4.78, 5) is 0. The summed E-state index contributed by atoms with van der Waals surface area (Å²) >= 11 is 0. The van der Waals surface area contributed by atoms with Gasteiger partial charge in [-0.15, -0.1) is 0 Å². The van der Waals surface area contributed by atoms with Crippen LogP contribution < -0.4 is 0 Å². The van der Waals surface area contributed by atoms with Crippen molar-refractivity contribution in [3.05, 3.63) is 35.1 Å². The van der Waals surface area contributed by atoms with Gasteiger partial charge in [-0.25, -0.2) is 0 Å². The second-order valence-corrected chi connectivity index (χ2v) is 1.71. The first-order valence-corrected chi connectivity index (χ1v) is 2.64. The second-order valence-electron chi connectivity index (χ2n) is 1.71. The first-order chi connectivity index (χ1) is 4.47. The predicted octanol–water partition coefficient (Wildman–Crippen LogP) is 0.391. The highest BCUT2D eigenvalue weighted by Crippen LogP contribution is 2.17. The molecule has 0 aromatic rings. The lowest BCUT2D eigenvalue weighted by molar-refractivity contribution is 0.422. The Kier molecular flexibility index (Phi) is 0.809. The van der Waals surface area contributed by atoms with Crippen molar-refractivity contribution in [2.75, 3.05) is 0 Å². The minimum Gasteiger partial charge on any atom is -0.525 e. The lowest BCUT2D eigenvalue weighted by Crippen LogP contribution is -1.87. The molecule has 0 saturated carbocycles. The highest BCUT2D eigenvalue weighted by atomic mass is 16.6. The molecular weight excluding hydrogens is 115 g/mol. The Bertz CT molecular complexity index is 239. The molecule has 2 aliphatic rings. The summed E-state index contributed by atoms with van der Waals surface area (Å²) in [6, 6.07) is 0. The summed E-state index contributed by atoms with van der Waals surface area (Å²) < 4.78 is 10.0. The standard InChI is InChI=1S/C6H3BO2/c1-2-4-6-5(3-1)8-7-9-6/h3-4,7H. The summed E-state index contributed by atoms with van der Waals surface area (Å²) in [6.07, 6.45) is 3.42. The van der Waals surface area contributed by atoms with Gasteiger partial charge in [-0.05, 0) is 0 Å². The van der Waals surface area contributed by atoms with Crippen molar-refractivity contribution in [1.29, 1.82) is 0 Å². The van der Waals surface area contributed by atoms with Crippen molar-refractivity contribution < 1.29 is 9.31 Å². The van der Waals surface area contributed by atoms with E-state index in [0.717, 1.165) is 11.5 Å². The highest BCUT2D eigenvalue weighted by Gasteiger charge is 2.15. The van der Waals surface area contributed by atoms with Crippen molar-refractivity contribution in [2.24, 2.45) is 0 Å². The van der Waals surface area contributed by atoms with Crippen molar-refractivity contribution in [3.63, 3.8) is 0 Å². The van der Waals surface area contributed by atoms with Crippen LogP contribution in [-0.2, 0) is 9.31 Å². The molecule has 0 unspecified atom stereocenters. The van der Waals surface area contributed by atoms with E-state index in [1.54, 1.807) is 12.2 Å². The van der Waals surface area contributed by atoms with E-state index in [0.29, 0.717) is 7.69 Å². The second kappa shape index (κ2) is 1.59. The van der Waals surface area contributed by atoms with Gasteiger partial charge in [-0.3, -0.25) is 0 Å². The Morgan fingerprint density at radius 1 is 1.11 bits per heavy atom. The Labute approximate surface area is 53.1 Å². The van der Waals surface area contributed by atoms with Crippen LogP contribution in [0.3, 0.4) is 0 Å². The van der Waals surface area contributed by atoms with Crippen LogP contribution >= 0.6 is 0 Å². The van der Waals surface area contributed by atoms with Crippen LogP contribution in [0, 0.1) is 0 Å². The van der Waals surface area contributed by atoms with E-state index >= 15 is 0 Å². The van der Waals surface area contributed by atoms with Gasteiger partial charge in [0, 0.05) is 12.2 Å². The van der Waals surface area contributed by atoms with Gasteiger partial charge in [0.15, 0.2) is 11.5 Å². The molecule has 1 aliphatic heterocycles. The third-order valence-electron chi connectivity index (χ3n) is 1.16. The van der Waals surface area contributed by atoms with Crippen molar-refractivity contribution in [3.8, 4) is 0 Å². The summed E-state index contributed by atoms with van der Waals surface area (Å²) in [5.41, 5.74) is 5.53. The van der Waals surface area contributed by atoms with E-state index in [4.69, 9.17) is 9.31 Å². The molecule has 0 amide bonds. The molecule has 3 heteroatoms. The average Bonchev–Trinajstić information content (AvgIpc) is 2.33. The highest BCUT2D eigenvalue weighted by molar-refractivity contribution is 6.20. The largest absolute Gasteiger partial charge is 0.576 e. The topological polar surface area (TPSA) is 18.5 Å². The van der Waals surface area contributed by atoms with Crippen LogP contribution in [0.2, 0.25) is 0 Å². The smallest absolute Gasteiger partial charge is 0.525 e. The lowest BCUT2D eigenvalue weighted by atomic mass is 10.3. The van der Waals surface area contributed by atoms with Crippen LogP contribution in [0.5, 0.6) is 0 Å². The third-order valence-corrected chi connectivity index (χ3v) is 1.16. The monoisotopic (exact) mass is 118 g/mol. The normalized spacial score (nSPS) is 18.7. The Balaban J connectivity index is 2.48. The summed E-state index contributed by atoms with van der Waals surface area (Å²) in [5, 5.41) is 0. The number of allylic oxidation sites excluding steroid dienone is 2. The van der Waals surface area contributed by atoms with E-state index in [1.165, 1.54) is 0 Å². The van der Waals surface area contributed by atoms with Crippen molar-refractivity contribution in [2.45, 2.75) is 0 Å². The van der Waals surface area contributed by atoms with Crippen LogP contribution in [0.4, 0.5) is 0 Å². The van der Waals surface area contributed by atoms with E-state index in [-0.39, 0.29) is 0 Å². The van der Waals surface area contributed by atoms with Gasteiger partial charge in [0.2, 0.25) is 0 Å². The van der Waals surface area contributed by atoms with Gasteiger partial charge >= 0.3 is 7.69 Å². The van der Waals surface area contributed by atoms with Gasteiger partial charge < -0.3 is 9.31 Å². The minimum absolute atomic E-state index is 0.320. The molecule has 42 valence electrons. The molecule has 0 aromatic heterocycles. The molecule has 0 N–H and O–H groups in total. The summed E-state index contributed by atoms with van der Waals surface area (Å²) in [7, 11) is 0.320. The molecule has 2 rings (SSSR count). The molecule has 1 aliphatic carbocycles. The zero-order chi connectivity index (χ0) is 6.10. The fourth-order valence-electron chi connectivity index (χ4n) is 0.739. The minimum atomic E-state index is 0.320. The lowest BCUT2D eigenvalue weighted by Gasteiger charge is -1.92. The molecule has 0 fully saturated rings. The van der Waals surface area contributed by atoms with E-state index in [9.17, 15) is 0 Å². The zero-order valence-corrected chi connectivity index (χ0v) is 4.68. The molecule has 1 heterocycles. The Morgan fingerprint density at radius 2 is 1.67 bits per heavy atom.